The SMILES string of the molecule is CN(C)C(CNc1cc(C(F)(F)F)nc(-c2cccnc2)n1)c1cnn(C)c1. The largest absolute Gasteiger partial charge is 0.433 e. The summed E-state index contributed by atoms with van der Waals surface area (Å²) in [5.74, 6) is 0.0603. The topological polar surface area (TPSA) is 71.8 Å². The summed E-state index contributed by atoms with van der Waals surface area (Å²) in [4.78, 5) is 13.8. The Bertz CT molecular complexity index is 922. The summed E-state index contributed by atoms with van der Waals surface area (Å²) in [7, 11) is 5.59. The van der Waals surface area contributed by atoms with E-state index in [4.69, 9.17) is 0 Å². The first-order valence-electron chi connectivity index (χ1n) is 8.49. The van der Waals surface area contributed by atoms with Gasteiger partial charge in [0.1, 0.15) is 5.82 Å². The molecule has 0 aromatic carbocycles. The molecule has 0 bridgehead atoms. The maximum atomic E-state index is 13.3. The quantitative estimate of drug-likeness (QED) is 0.697. The lowest BCUT2D eigenvalue weighted by Crippen LogP contribution is -2.27. The highest BCUT2D eigenvalue weighted by Crippen LogP contribution is 2.31. The molecule has 28 heavy (non-hydrogen) atoms. The molecule has 0 radical (unpaired) electrons. The van der Waals surface area contributed by atoms with Gasteiger partial charge in [-0.25, -0.2) is 9.97 Å². The number of aromatic nitrogens is 5. The standard InChI is InChI=1S/C18H20F3N7/c1-27(2)14(13-9-24-28(3)11-13)10-23-16-7-15(18(19,20)21)25-17(26-16)12-5-4-6-22-8-12/h4-9,11,14H,10H2,1-3H3,(H,23,25,26). The molecule has 0 aliphatic rings. The normalized spacial score (nSPS) is 13.0. The van der Waals surface area contributed by atoms with E-state index in [0.717, 1.165) is 11.6 Å². The molecule has 10 heteroatoms. The van der Waals surface area contributed by atoms with E-state index >= 15 is 0 Å². The van der Waals surface area contributed by atoms with Gasteiger partial charge in [0.25, 0.3) is 0 Å². The number of anilines is 1. The fourth-order valence-electron chi connectivity index (χ4n) is 2.72. The predicted molar refractivity (Wildman–Crippen MR) is 98.4 cm³/mol. The van der Waals surface area contributed by atoms with E-state index in [0.29, 0.717) is 12.1 Å². The van der Waals surface area contributed by atoms with Crippen molar-refractivity contribution in [2.45, 2.75) is 12.2 Å². The summed E-state index contributed by atoms with van der Waals surface area (Å²) in [5.41, 5.74) is 0.345. The van der Waals surface area contributed by atoms with Crippen LogP contribution in [0.1, 0.15) is 17.3 Å². The average molecular weight is 391 g/mol. The lowest BCUT2D eigenvalue weighted by molar-refractivity contribution is -0.141. The van der Waals surface area contributed by atoms with Crippen LogP contribution in [0.25, 0.3) is 11.4 Å². The monoisotopic (exact) mass is 391 g/mol. The van der Waals surface area contributed by atoms with Gasteiger partial charge < -0.3 is 10.2 Å². The molecule has 148 valence electrons. The van der Waals surface area contributed by atoms with E-state index in [1.165, 1.54) is 12.4 Å². The summed E-state index contributed by atoms with van der Waals surface area (Å²) in [5, 5.41) is 7.16. The number of hydrogen-bond acceptors (Lipinski definition) is 6. The average Bonchev–Trinajstić information content (AvgIpc) is 3.07. The van der Waals surface area contributed by atoms with Crippen molar-refractivity contribution in [3.8, 4) is 11.4 Å². The third-order valence-electron chi connectivity index (χ3n) is 4.15. The second-order valence-electron chi connectivity index (χ2n) is 6.51. The zero-order valence-electron chi connectivity index (χ0n) is 15.6. The highest BCUT2D eigenvalue weighted by molar-refractivity contribution is 5.56. The summed E-state index contributed by atoms with van der Waals surface area (Å²) < 4.78 is 41.6. The minimum atomic E-state index is -4.58. The molecular weight excluding hydrogens is 371 g/mol. The van der Waals surface area contributed by atoms with Gasteiger partial charge >= 0.3 is 6.18 Å². The van der Waals surface area contributed by atoms with Crippen LogP contribution >= 0.6 is 0 Å². The van der Waals surface area contributed by atoms with Gasteiger partial charge in [-0.1, -0.05) is 0 Å². The Hall–Kier alpha value is -3.01. The number of nitrogens with one attached hydrogen (secondary N) is 1. The van der Waals surface area contributed by atoms with Crippen LogP contribution < -0.4 is 5.32 Å². The molecule has 0 fully saturated rings. The number of nitrogens with zero attached hydrogens (tertiary/aromatic N) is 6. The first-order valence-corrected chi connectivity index (χ1v) is 8.49. The molecule has 0 saturated carbocycles. The smallest absolute Gasteiger partial charge is 0.368 e. The van der Waals surface area contributed by atoms with Gasteiger partial charge in [-0.2, -0.15) is 18.3 Å². The molecule has 1 N–H and O–H groups in total. The lowest BCUT2D eigenvalue weighted by atomic mass is 10.1. The Morgan fingerprint density at radius 1 is 1.21 bits per heavy atom. The molecular formula is C18H20F3N7. The lowest BCUT2D eigenvalue weighted by Gasteiger charge is -2.24. The number of hydrogen-bond donors (Lipinski definition) is 1. The summed E-state index contributed by atoms with van der Waals surface area (Å²) >= 11 is 0. The minimum absolute atomic E-state index is 0.0341. The maximum Gasteiger partial charge on any atom is 0.433 e. The molecule has 3 rings (SSSR count). The Morgan fingerprint density at radius 2 is 2.00 bits per heavy atom. The van der Waals surface area contributed by atoms with Crippen molar-refractivity contribution < 1.29 is 13.2 Å². The molecule has 0 amide bonds. The number of halogens is 3. The molecule has 0 spiro atoms. The Morgan fingerprint density at radius 3 is 2.57 bits per heavy atom. The van der Waals surface area contributed by atoms with Gasteiger partial charge in [0, 0.05) is 49.4 Å². The van der Waals surface area contributed by atoms with E-state index in [2.05, 4.69) is 25.4 Å². The van der Waals surface area contributed by atoms with Gasteiger partial charge in [0.05, 0.1) is 12.2 Å². The Kier molecular flexibility index (Phi) is 5.59. The van der Waals surface area contributed by atoms with Crippen molar-refractivity contribution >= 4 is 5.82 Å². The van der Waals surface area contributed by atoms with Gasteiger partial charge in [0.15, 0.2) is 11.5 Å². The van der Waals surface area contributed by atoms with Gasteiger partial charge in [-0.15, -0.1) is 0 Å². The van der Waals surface area contributed by atoms with Crippen molar-refractivity contribution in [1.29, 1.82) is 0 Å². The van der Waals surface area contributed by atoms with E-state index < -0.39 is 11.9 Å². The summed E-state index contributed by atoms with van der Waals surface area (Å²) in [6.07, 6.45) is 1.98. The third-order valence-corrected chi connectivity index (χ3v) is 4.15. The number of likely N-dealkylation sites (N-methyl/N-ethyl adjacent to an activating group) is 1. The van der Waals surface area contributed by atoms with E-state index in [1.807, 2.05) is 32.2 Å². The molecule has 3 aromatic rings. The molecule has 3 heterocycles. The van der Waals surface area contributed by atoms with Gasteiger partial charge in [-0.3, -0.25) is 9.67 Å². The fourth-order valence-corrected chi connectivity index (χ4v) is 2.72. The molecule has 1 unspecified atom stereocenters. The van der Waals surface area contributed by atoms with Crippen LogP contribution in [0, 0.1) is 0 Å². The fraction of sp³-hybridized carbons (Fsp3) is 0.333. The second kappa shape index (κ2) is 7.93. The number of aryl methyl sites for hydroxylation is 1. The van der Waals surface area contributed by atoms with E-state index in [9.17, 15) is 13.2 Å². The molecule has 1 atom stereocenters. The molecule has 0 aliphatic carbocycles. The highest BCUT2D eigenvalue weighted by Gasteiger charge is 2.34. The Balaban J connectivity index is 1.90. The number of pyridine rings is 1. The number of rotatable bonds is 6. The van der Waals surface area contributed by atoms with Crippen molar-refractivity contribution in [2.75, 3.05) is 26.0 Å². The Labute approximate surface area is 160 Å². The minimum Gasteiger partial charge on any atom is -0.368 e. The van der Waals surface area contributed by atoms with Crippen molar-refractivity contribution in [1.82, 2.24) is 29.6 Å². The molecule has 0 saturated heterocycles. The third kappa shape index (κ3) is 4.63. The zero-order valence-corrected chi connectivity index (χ0v) is 15.6. The van der Waals surface area contributed by atoms with Crippen molar-refractivity contribution in [2.24, 2.45) is 7.05 Å². The zero-order chi connectivity index (χ0) is 20.3. The van der Waals surface area contributed by atoms with E-state index in [1.54, 1.807) is 23.0 Å². The number of alkyl halides is 3. The van der Waals surface area contributed by atoms with Crippen LogP contribution in [0.15, 0.2) is 43.0 Å². The predicted octanol–water partition coefficient (Wildman–Crippen LogP) is 3.01. The van der Waals surface area contributed by atoms with Crippen molar-refractivity contribution in [3.63, 3.8) is 0 Å². The van der Waals surface area contributed by atoms with Crippen LogP contribution in [0.5, 0.6) is 0 Å². The summed E-state index contributed by atoms with van der Waals surface area (Å²) in [6.45, 7) is 0.347. The second-order valence-corrected chi connectivity index (χ2v) is 6.51. The molecule has 0 aliphatic heterocycles. The van der Waals surface area contributed by atoms with Crippen LogP contribution in [-0.2, 0) is 13.2 Å². The maximum absolute atomic E-state index is 13.3. The first kappa shape index (κ1) is 19.7. The van der Waals surface area contributed by atoms with Crippen LogP contribution in [0.3, 0.4) is 0 Å². The van der Waals surface area contributed by atoms with Gasteiger partial charge in [0.2, 0.25) is 0 Å². The van der Waals surface area contributed by atoms with E-state index in [-0.39, 0.29) is 17.7 Å². The highest BCUT2D eigenvalue weighted by atomic mass is 19.4. The molecule has 7 nitrogen and oxygen atoms in total. The van der Waals surface area contributed by atoms with Gasteiger partial charge in [-0.05, 0) is 26.2 Å². The summed E-state index contributed by atoms with van der Waals surface area (Å²) in [6, 6.07) is 4.05. The van der Waals surface area contributed by atoms with Crippen LogP contribution in [-0.4, -0.2) is 50.3 Å². The van der Waals surface area contributed by atoms with Crippen LogP contribution in [0.2, 0.25) is 0 Å². The van der Waals surface area contributed by atoms with Crippen LogP contribution in [0.4, 0.5) is 19.0 Å². The first-order chi connectivity index (χ1) is 13.2. The molecule has 3 aromatic heterocycles. The van der Waals surface area contributed by atoms with Crippen molar-refractivity contribution in [3.05, 3.63) is 54.2 Å².